The molecule has 0 unspecified atom stereocenters. The van der Waals surface area contributed by atoms with Gasteiger partial charge in [-0.2, -0.15) is 0 Å². The summed E-state index contributed by atoms with van der Waals surface area (Å²) in [6, 6.07) is 15.7. The van der Waals surface area contributed by atoms with E-state index in [2.05, 4.69) is 10.2 Å². The molecule has 25 heavy (non-hydrogen) atoms. The molecule has 1 aromatic carbocycles. The third kappa shape index (κ3) is 3.67. The Labute approximate surface area is 147 Å². The number of carbonyl (C=O) groups is 1. The van der Waals surface area contributed by atoms with Crippen molar-refractivity contribution in [3.8, 4) is 0 Å². The molecule has 3 aromatic rings. The lowest BCUT2D eigenvalue weighted by Gasteiger charge is -2.19. The second kappa shape index (κ2) is 7.40. The number of hydrogen-bond donors (Lipinski definition) is 1. The van der Waals surface area contributed by atoms with E-state index in [-0.39, 0.29) is 5.91 Å². The highest BCUT2D eigenvalue weighted by Crippen LogP contribution is 2.20. The number of anilines is 2. The van der Waals surface area contributed by atoms with Gasteiger partial charge in [0.25, 0.3) is 5.91 Å². The third-order valence-electron chi connectivity index (χ3n) is 4.31. The molecule has 5 heteroatoms. The van der Waals surface area contributed by atoms with Crippen LogP contribution in [-0.4, -0.2) is 37.6 Å². The number of likely N-dealkylation sites (N-methyl/N-ethyl adjacent to an activating group) is 1. The number of benzene rings is 1. The molecule has 0 fully saturated rings. The molecule has 3 rings (SSSR count). The van der Waals surface area contributed by atoms with Crippen LogP contribution in [0.5, 0.6) is 0 Å². The maximum atomic E-state index is 12.6. The molecule has 0 aliphatic carbocycles. The van der Waals surface area contributed by atoms with Gasteiger partial charge < -0.3 is 19.4 Å². The molecule has 0 spiro atoms. The number of nitrogens with one attached hydrogen (secondary N) is 1. The van der Waals surface area contributed by atoms with Crippen LogP contribution >= 0.6 is 0 Å². The molecule has 2 heterocycles. The minimum absolute atomic E-state index is 0.115. The van der Waals surface area contributed by atoms with Crippen molar-refractivity contribution in [2.24, 2.45) is 0 Å². The monoisotopic (exact) mass is 337 g/mol. The highest BCUT2D eigenvalue weighted by atomic mass is 16.5. The number of rotatable bonds is 6. The van der Waals surface area contributed by atoms with Crippen LogP contribution in [0.4, 0.5) is 11.5 Å². The first-order valence-electron chi connectivity index (χ1n) is 8.28. The predicted octanol–water partition coefficient (Wildman–Crippen LogP) is 3.58. The summed E-state index contributed by atoms with van der Waals surface area (Å²) < 4.78 is 7.18. The summed E-state index contributed by atoms with van der Waals surface area (Å²) in [5, 5.41) is 2.98. The Hall–Kier alpha value is -2.79. The predicted molar refractivity (Wildman–Crippen MR) is 102 cm³/mol. The molecule has 0 radical (unpaired) electrons. The Balaban J connectivity index is 1.87. The molecular formula is C20H23N3O2. The lowest BCUT2D eigenvalue weighted by molar-refractivity contribution is 0.102. The number of carbonyl (C=O) groups excluding carboxylic acids is 1. The van der Waals surface area contributed by atoms with Crippen molar-refractivity contribution in [2.45, 2.75) is 6.92 Å². The van der Waals surface area contributed by atoms with E-state index < -0.39 is 0 Å². The molecule has 130 valence electrons. The lowest BCUT2D eigenvalue weighted by Crippen LogP contribution is -2.23. The Morgan fingerprint density at radius 3 is 2.68 bits per heavy atom. The summed E-state index contributed by atoms with van der Waals surface area (Å²) in [6.07, 6.45) is 1.88. The van der Waals surface area contributed by atoms with Crippen molar-refractivity contribution in [2.75, 3.05) is 37.5 Å². The molecule has 0 saturated carbocycles. The van der Waals surface area contributed by atoms with Gasteiger partial charge in [0.05, 0.1) is 12.2 Å². The molecule has 0 aliphatic heterocycles. The number of amides is 1. The van der Waals surface area contributed by atoms with E-state index in [9.17, 15) is 4.79 Å². The second-order valence-corrected chi connectivity index (χ2v) is 6.09. The van der Waals surface area contributed by atoms with Gasteiger partial charge in [0.15, 0.2) is 0 Å². The lowest BCUT2D eigenvalue weighted by atomic mass is 10.2. The van der Waals surface area contributed by atoms with E-state index in [4.69, 9.17) is 4.74 Å². The minimum Gasteiger partial charge on any atom is -0.383 e. The summed E-state index contributed by atoms with van der Waals surface area (Å²) in [5.74, 6) is 0.910. The van der Waals surface area contributed by atoms with Gasteiger partial charge in [-0.1, -0.05) is 18.2 Å². The van der Waals surface area contributed by atoms with Crippen LogP contribution in [0.25, 0.3) is 5.52 Å². The average Bonchev–Trinajstić information content (AvgIpc) is 3.04. The first-order chi connectivity index (χ1) is 12.1. The first-order valence-corrected chi connectivity index (χ1v) is 8.28. The third-order valence-corrected chi connectivity index (χ3v) is 4.31. The Morgan fingerprint density at radius 1 is 1.16 bits per heavy atom. The Kier molecular flexibility index (Phi) is 5.05. The SMILES string of the molecule is COCCN(C)c1ccc2ccc(C(=O)Nc3ccccc3C)cn12. The number of pyridine rings is 1. The van der Waals surface area contributed by atoms with Gasteiger partial charge in [-0.25, -0.2) is 0 Å². The van der Waals surface area contributed by atoms with Crippen LogP contribution in [0, 0.1) is 6.92 Å². The first kappa shape index (κ1) is 17.0. The zero-order valence-electron chi connectivity index (χ0n) is 14.8. The summed E-state index contributed by atoms with van der Waals surface area (Å²) in [5.41, 5.74) is 3.54. The van der Waals surface area contributed by atoms with E-state index >= 15 is 0 Å². The standard InChI is InChI=1S/C20H23N3O2/c1-15-6-4-5-7-18(15)21-20(24)16-8-9-17-10-11-19(23(17)14-16)22(2)12-13-25-3/h4-11,14H,12-13H2,1-3H3,(H,21,24). The average molecular weight is 337 g/mol. The minimum atomic E-state index is -0.115. The highest BCUT2D eigenvalue weighted by Gasteiger charge is 2.11. The summed E-state index contributed by atoms with van der Waals surface area (Å²) in [6.45, 7) is 3.41. The van der Waals surface area contributed by atoms with Crippen LogP contribution in [0.3, 0.4) is 0 Å². The fourth-order valence-corrected chi connectivity index (χ4v) is 2.78. The number of ether oxygens (including phenoxy) is 1. The highest BCUT2D eigenvalue weighted by molar-refractivity contribution is 6.04. The summed E-state index contributed by atoms with van der Waals surface area (Å²) in [7, 11) is 3.71. The van der Waals surface area contributed by atoms with Crippen molar-refractivity contribution < 1.29 is 9.53 Å². The van der Waals surface area contributed by atoms with Crippen LogP contribution in [-0.2, 0) is 4.74 Å². The quantitative estimate of drug-likeness (QED) is 0.748. The number of hydrogen-bond acceptors (Lipinski definition) is 3. The van der Waals surface area contributed by atoms with E-state index in [0.717, 1.165) is 29.1 Å². The van der Waals surface area contributed by atoms with E-state index in [1.807, 2.05) is 73.1 Å². The largest absolute Gasteiger partial charge is 0.383 e. The van der Waals surface area contributed by atoms with Crippen molar-refractivity contribution in [3.05, 3.63) is 65.9 Å². The molecule has 1 amide bonds. The van der Waals surface area contributed by atoms with Crippen LogP contribution in [0.1, 0.15) is 15.9 Å². The number of fused-ring (bicyclic) bond motifs is 1. The number of aryl methyl sites for hydroxylation is 1. The summed E-state index contributed by atoms with van der Waals surface area (Å²) >= 11 is 0. The van der Waals surface area contributed by atoms with Crippen LogP contribution < -0.4 is 10.2 Å². The maximum Gasteiger partial charge on any atom is 0.257 e. The zero-order chi connectivity index (χ0) is 17.8. The van der Waals surface area contributed by atoms with Gasteiger partial charge in [0.2, 0.25) is 0 Å². The van der Waals surface area contributed by atoms with E-state index in [0.29, 0.717) is 12.2 Å². The van der Waals surface area contributed by atoms with Crippen LogP contribution in [0.15, 0.2) is 54.7 Å². The maximum absolute atomic E-state index is 12.6. The van der Waals surface area contributed by atoms with Crippen molar-refractivity contribution in [1.82, 2.24) is 4.40 Å². The molecule has 0 atom stereocenters. The molecule has 1 N–H and O–H groups in total. The summed E-state index contributed by atoms with van der Waals surface area (Å²) in [4.78, 5) is 14.7. The molecular weight excluding hydrogens is 314 g/mol. The van der Waals surface area contributed by atoms with Gasteiger partial charge in [-0.05, 0) is 42.8 Å². The normalized spacial score (nSPS) is 10.8. The number of methoxy groups -OCH3 is 1. The topological polar surface area (TPSA) is 46.0 Å². The van der Waals surface area contributed by atoms with Gasteiger partial charge in [-0.3, -0.25) is 4.79 Å². The fraction of sp³-hybridized carbons (Fsp3) is 0.250. The Morgan fingerprint density at radius 2 is 1.92 bits per heavy atom. The number of nitrogens with zero attached hydrogens (tertiary/aromatic N) is 2. The molecule has 0 bridgehead atoms. The van der Waals surface area contributed by atoms with Crippen molar-refractivity contribution >= 4 is 22.9 Å². The molecule has 2 aromatic heterocycles. The molecule has 5 nitrogen and oxygen atoms in total. The van der Waals surface area contributed by atoms with Gasteiger partial charge in [-0.15, -0.1) is 0 Å². The van der Waals surface area contributed by atoms with Gasteiger partial charge in [0.1, 0.15) is 5.82 Å². The second-order valence-electron chi connectivity index (χ2n) is 6.09. The molecule has 0 aliphatic rings. The van der Waals surface area contributed by atoms with Crippen molar-refractivity contribution in [3.63, 3.8) is 0 Å². The Bertz CT molecular complexity index is 886. The smallest absolute Gasteiger partial charge is 0.257 e. The van der Waals surface area contributed by atoms with Crippen LogP contribution in [0.2, 0.25) is 0 Å². The zero-order valence-corrected chi connectivity index (χ0v) is 14.8. The van der Waals surface area contributed by atoms with Gasteiger partial charge >= 0.3 is 0 Å². The number of aromatic nitrogens is 1. The number of para-hydroxylation sites is 1. The molecule has 0 saturated heterocycles. The van der Waals surface area contributed by atoms with E-state index in [1.165, 1.54) is 0 Å². The van der Waals surface area contributed by atoms with Gasteiger partial charge in [0, 0.05) is 38.1 Å². The van der Waals surface area contributed by atoms with Crippen molar-refractivity contribution in [1.29, 1.82) is 0 Å². The van der Waals surface area contributed by atoms with E-state index in [1.54, 1.807) is 7.11 Å². The fourth-order valence-electron chi connectivity index (χ4n) is 2.78.